The number of rotatable bonds is 6. The van der Waals surface area contributed by atoms with Crippen LogP contribution in [0.4, 0.5) is 5.69 Å². The normalized spacial score (nSPS) is 15.9. The Balaban J connectivity index is 2.04. The average molecular weight is 426 g/mol. The predicted octanol–water partition coefficient (Wildman–Crippen LogP) is 4.57. The van der Waals surface area contributed by atoms with Crippen molar-refractivity contribution in [2.45, 2.75) is 50.5 Å². The lowest BCUT2D eigenvalue weighted by Crippen LogP contribution is -2.54. The van der Waals surface area contributed by atoms with Crippen LogP contribution in [0.3, 0.4) is 0 Å². The Morgan fingerprint density at radius 2 is 1.65 bits per heavy atom. The molecule has 0 saturated heterocycles. The lowest BCUT2D eigenvalue weighted by molar-refractivity contribution is -0.386. The first-order chi connectivity index (χ1) is 14.9. The number of carboxylic acid groups (broad SMARTS) is 1. The van der Waals surface area contributed by atoms with Gasteiger partial charge in [0, 0.05) is 5.56 Å². The zero-order valence-electron chi connectivity index (χ0n) is 17.4. The molecule has 0 aliphatic heterocycles. The summed E-state index contributed by atoms with van der Waals surface area (Å²) in [6, 6.07) is 11.9. The van der Waals surface area contributed by atoms with E-state index in [1.165, 1.54) is 13.2 Å². The molecule has 31 heavy (non-hydrogen) atoms. The number of aliphatic carboxylic acids is 1. The number of nitro benzene ring substituents is 1. The van der Waals surface area contributed by atoms with E-state index in [2.05, 4.69) is 5.32 Å². The number of carbonyl (C=O) groups excluding carboxylic acids is 1. The van der Waals surface area contributed by atoms with Crippen molar-refractivity contribution in [1.82, 2.24) is 5.32 Å². The molecular formula is C23H26N2O6. The maximum absolute atomic E-state index is 13.1. The molecule has 0 spiro atoms. The van der Waals surface area contributed by atoms with Crippen LogP contribution in [0, 0.1) is 10.1 Å². The van der Waals surface area contributed by atoms with Gasteiger partial charge in [0.2, 0.25) is 5.75 Å². The van der Waals surface area contributed by atoms with Crippen molar-refractivity contribution in [1.29, 1.82) is 0 Å². The fourth-order valence-electron chi connectivity index (χ4n) is 4.17. The highest BCUT2D eigenvalue weighted by Crippen LogP contribution is 2.40. The van der Waals surface area contributed by atoms with Gasteiger partial charge in [-0.15, -0.1) is 0 Å². The Hall–Kier alpha value is -3.42. The lowest BCUT2D eigenvalue weighted by atomic mass is 9.83. The van der Waals surface area contributed by atoms with Crippen LogP contribution in [0.1, 0.15) is 55.3 Å². The number of carbonyl (C=O) groups is 2. The van der Waals surface area contributed by atoms with E-state index in [9.17, 15) is 24.8 Å². The molecule has 164 valence electrons. The van der Waals surface area contributed by atoms with Crippen molar-refractivity contribution in [3.63, 3.8) is 0 Å². The summed E-state index contributed by atoms with van der Waals surface area (Å²) in [6.07, 6.45) is 4.75. The van der Waals surface area contributed by atoms with Crippen LogP contribution >= 0.6 is 0 Å². The van der Waals surface area contributed by atoms with Crippen LogP contribution in [-0.4, -0.2) is 34.6 Å². The first-order valence-corrected chi connectivity index (χ1v) is 10.4. The molecule has 0 aromatic heterocycles. The Kier molecular flexibility index (Phi) is 6.89. The fraction of sp³-hybridized carbons (Fsp3) is 0.391. The minimum absolute atomic E-state index is 0.0362. The number of ether oxygens (including phenoxy) is 1. The molecule has 2 N–H and O–H groups in total. The second-order valence-corrected chi connectivity index (χ2v) is 7.77. The van der Waals surface area contributed by atoms with E-state index in [0.717, 1.165) is 19.3 Å². The van der Waals surface area contributed by atoms with E-state index in [4.69, 9.17) is 4.74 Å². The van der Waals surface area contributed by atoms with Gasteiger partial charge >= 0.3 is 11.7 Å². The van der Waals surface area contributed by atoms with Crippen molar-refractivity contribution >= 4 is 17.6 Å². The van der Waals surface area contributed by atoms with Gasteiger partial charge in [-0.2, -0.15) is 0 Å². The number of benzene rings is 2. The molecule has 1 saturated carbocycles. The summed E-state index contributed by atoms with van der Waals surface area (Å²) in [5.74, 6) is -1.93. The fourth-order valence-corrected chi connectivity index (χ4v) is 4.17. The minimum Gasteiger partial charge on any atom is -0.490 e. The molecule has 0 heterocycles. The van der Waals surface area contributed by atoms with Crippen LogP contribution in [-0.2, 0) is 4.79 Å². The summed E-state index contributed by atoms with van der Waals surface area (Å²) in [5.41, 5.74) is -0.949. The number of hydrogen-bond acceptors (Lipinski definition) is 5. The molecule has 0 atom stereocenters. The Morgan fingerprint density at radius 3 is 2.19 bits per heavy atom. The highest BCUT2D eigenvalue weighted by atomic mass is 16.6. The van der Waals surface area contributed by atoms with Crippen LogP contribution in [0.15, 0.2) is 42.5 Å². The molecule has 1 amide bonds. The van der Waals surface area contributed by atoms with E-state index in [1.54, 1.807) is 30.3 Å². The maximum Gasteiger partial charge on any atom is 0.329 e. The van der Waals surface area contributed by atoms with E-state index in [1.807, 2.05) is 6.07 Å². The quantitative estimate of drug-likeness (QED) is 0.516. The van der Waals surface area contributed by atoms with E-state index in [-0.39, 0.29) is 11.3 Å². The van der Waals surface area contributed by atoms with Crippen molar-refractivity contribution < 1.29 is 24.4 Å². The standard InChI is InChI=1S/C23H26N2O6/c1-31-20-17(16-10-6-5-7-11-16)12-13-18(19(20)25(29)30)21(26)24-23(22(27)28)14-8-3-2-4-9-15-23/h5-7,10-13H,2-4,8-9,14-15H2,1H3,(H,24,26)(H,27,28). The van der Waals surface area contributed by atoms with Crippen LogP contribution in [0.25, 0.3) is 11.1 Å². The second-order valence-electron chi connectivity index (χ2n) is 7.77. The predicted molar refractivity (Wildman–Crippen MR) is 115 cm³/mol. The number of methoxy groups -OCH3 is 1. The van der Waals surface area contributed by atoms with Gasteiger partial charge in [0.15, 0.2) is 0 Å². The highest BCUT2D eigenvalue weighted by molar-refractivity contribution is 6.03. The molecule has 1 aliphatic carbocycles. The van der Waals surface area contributed by atoms with E-state index < -0.39 is 28.0 Å². The van der Waals surface area contributed by atoms with Crippen molar-refractivity contribution in [3.05, 3.63) is 58.1 Å². The summed E-state index contributed by atoms with van der Waals surface area (Å²) < 4.78 is 5.34. The second kappa shape index (κ2) is 9.59. The molecular weight excluding hydrogens is 400 g/mol. The number of carboxylic acids is 1. The summed E-state index contributed by atoms with van der Waals surface area (Å²) in [4.78, 5) is 36.5. The first-order valence-electron chi connectivity index (χ1n) is 10.4. The van der Waals surface area contributed by atoms with Gasteiger partial charge in [-0.05, 0) is 30.5 Å². The number of nitro groups is 1. The molecule has 8 nitrogen and oxygen atoms in total. The summed E-state index contributed by atoms with van der Waals surface area (Å²) in [7, 11) is 1.31. The molecule has 1 aliphatic rings. The average Bonchev–Trinajstić information content (AvgIpc) is 2.74. The maximum atomic E-state index is 13.1. The zero-order chi connectivity index (χ0) is 22.4. The Labute approximate surface area is 180 Å². The van der Waals surface area contributed by atoms with Gasteiger partial charge < -0.3 is 15.2 Å². The van der Waals surface area contributed by atoms with Gasteiger partial charge in [-0.25, -0.2) is 4.79 Å². The molecule has 3 rings (SSSR count). The van der Waals surface area contributed by atoms with Gasteiger partial charge in [0.25, 0.3) is 5.91 Å². The molecule has 0 bridgehead atoms. The molecule has 2 aromatic carbocycles. The highest BCUT2D eigenvalue weighted by Gasteiger charge is 2.41. The minimum atomic E-state index is -1.43. The number of hydrogen-bond donors (Lipinski definition) is 2. The third-order valence-electron chi connectivity index (χ3n) is 5.82. The molecule has 8 heteroatoms. The van der Waals surface area contributed by atoms with Crippen LogP contribution in [0.2, 0.25) is 0 Å². The largest absolute Gasteiger partial charge is 0.490 e. The van der Waals surface area contributed by atoms with Crippen LogP contribution in [0.5, 0.6) is 5.75 Å². The SMILES string of the molecule is COc1c(-c2ccccc2)ccc(C(=O)NC2(C(=O)O)CCCCCCC2)c1[N+](=O)[O-]. The lowest BCUT2D eigenvalue weighted by Gasteiger charge is -2.32. The summed E-state index contributed by atoms with van der Waals surface area (Å²) in [5, 5.41) is 24.4. The summed E-state index contributed by atoms with van der Waals surface area (Å²) in [6.45, 7) is 0. The van der Waals surface area contributed by atoms with Gasteiger partial charge in [-0.1, -0.05) is 62.4 Å². The third-order valence-corrected chi connectivity index (χ3v) is 5.82. The monoisotopic (exact) mass is 426 g/mol. The van der Waals surface area contributed by atoms with Gasteiger partial charge in [0.1, 0.15) is 11.1 Å². The van der Waals surface area contributed by atoms with E-state index in [0.29, 0.717) is 36.8 Å². The number of nitrogens with one attached hydrogen (secondary N) is 1. The molecule has 2 aromatic rings. The Bertz CT molecular complexity index is 966. The molecule has 0 radical (unpaired) electrons. The van der Waals surface area contributed by atoms with Gasteiger partial charge in [-0.3, -0.25) is 14.9 Å². The first kappa shape index (κ1) is 22.3. The van der Waals surface area contributed by atoms with Crippen molar-refractivity contribution in [2.24, 2.45) is 0 Å². The molecule has 0 unspecified atom stereocenters. The number of nitrogens with zero attached hydrogens (tertiary/aromatic N) is 1. The van der Waals surface area contributed by atoms with E-state index >= 15 is 0 Å². The van der Waals surface area contributed by atoms with Crippen molar-refractivity contribution in [2.75, 3.05) is 7.11 Å². The topological polar surface area (TPSA) is 119 Å². The zero-order valence-corrected chi connectivity index (χ0v) is 17.4. The Morgan fingerprint density at radius 1 is 1.03 bits per heavy atom. The smallest absolute Gasteiger partial charge is 0.329 e. The van der Waals surface area contributed by atoms with Crippen LogP contribution < -0.4 is 10.1 Å². The molecule has 1 fully saturated rings. The number of amides is 1. The third kappa shape index (κ3) is 4.68. The summed E-state index contributed by atoms with van der Waals surface area (Å²) >= 11 is 0. The van der Waals surface area contributed by atoms with Gasteiger partial charge in [0.05, 0.1) is 12.0 Å². The van der Waals surface area contributed by atoms with Crippen molar-refractivity contribution in [3.8, 4) is 16.9 Å².